The first kappa shape index (κ1) is 14.1. The van der Waals surface area contributed by atoms with Crippen molar-refractivity contribution in [3.05, 3.63) is 35.4 Å². The maximum atomic E-state index is 3.77. The average Bonchev–Trinajstić information content (AvgIpc) is 3.21. The molecule has 0 aromatic heterocycles. The second-order valence-electron chi connectivity index (χ2n) is 7.81. The van der Waals surface area contributed by atoms with E-state index in [0.29, 0.717) is 5.41 Å². The molecule has 0 bridgehead atoms. The van der Waals surface area contributed by atoms with Gasteiger partial charge in [-0.05, 0) is 74.0 Å². The summed E-state index contributed by atoms with van der Waals surface area (Å²) in [4.78, 5) is 0. The van der Waals surface area contributed by atoms with E-state index < -0.39 is 0 Å². The quantitative estimate of drug-likeness (QED) is 0.840. The SMILES string of the molecule is Cc1ccccc1C1CC(C)(C)CCC1CNC1CC1. The van der Waals surface area contributed by atoms with E-state index in [4.69, 9.17) is 0 Å². The first-order valence-corrected chi connectivity index (χ1v) is 8.34. The van der Waals surface area contributed by atoms with Crippen molar-refractivity contribution in [2.75, 3.05) is 6.54 Å². The van der Waals surface area contributed by atoms with E-state index in [1.54, 1.807) is 5.56 Å². The predicted octanol–water partition coefficient (Wildman–Crippen LogP) is 4.66. The Morgan fingerprint density at radius 3 is 2.60 bits per heavy atom. The van der Waals surface area contributed by atoms with Gasteiger partial charge in [-0.3, -0.25) is 0 Å². The Bertz CT molecular complexity index is 457. The number of rotatable bonds is 4. The molecular weight excluding hydrogens is 242 g/mol. The van der Waals surface area contributed by atoms with Crippen LogP contribution >= 0.6 is 0 Å². The van der Waals surface area contributed by atoms with Crippen LogP contribution in [0.15, 0.2) is 24.3 Å². The molecule has 0 spiro atoms. The summed E-state index contributed by atoms with van der Waals surface area (Å²) in [6.45, 7) is 8.40. The number of nitrogens with one attached hydrogen (secondary N) is 1. The van der Waals surface area contributed by atoms with Crippen molar-refractivity contribution in [2.24, 2.45) is 11.3 Å². The molecule has 1 N–H and O–H groups in total. The highest BCUT2D eigenvalue weighted by atomic mass is 14.9. The van der Waals surface area contributed by atoms with Crippen molar-refractivity contribution in [1.29, 1.82) is 0 Å². The summed E-state index contributed by atoms with van der Waals surface area (Å²) in [7, 11) is 0. The largest absolute Gasteiger partial charge is 0.314 e. The van der Waals surface area contributed by atoms with Gasteiger partial charge in [0.05, 0.1) is 0 Å². The van der Waals surface area contributed by atoms with Crippen LogP contribution < -0.4 is 5.32 Å². The molecule has 0 heterocycles. The van der Waals surface area contributed by atoms with Crippen LogP contribution in [0.5, 0.6) is 0 Å². The number of aryl methyl sites for hydroxylation is 1. The normalized spacial score (nSPS) is 29.4. The molecule has 2 aliphatic rings. The van der Waals surface area contributed by atoms with Gasteiger partial charge in [0.25, 0.3) is 0 Å². The molecule has 1 aromatic rings. The van der Waals surface area contributed by atoms with Gasteiger partial charge in [0.1, 0.15) is 0 Å². The van der Waals surface area contributed by atoms with Crippen molar-refractivity contribution < 1.29 is 0 Å². The molecule has 0 saturated heterocycles. The van der Waals surface area contributed by atoms with Crippen LogP contribution in [0.1, 0.15) is 63.0 Å². The molecule has 1 heteroatoms. The molecule has 1 nitrogen and oxygen atoms in total. The van der Waals surface area contributed by atoms with Crippen LogP contribution in [-0.2, 0) is 0 Å². The molecule has 2 atom stereocenters. The van der Waals surface area contributed by atoms with Gasteiger partial charge in [-0.25, -0.2) is 0 Å². The van der Waals surface area contributed by atoms with Gasteiger partial charge >= 0.3 is 0 Å². The Morgan fingerprint density at radius 2 is 1.90 bits per heavy atom. The molecule has 2 unspecified atom stereocenters. The van der Waals surface area contributed by atoms with Crippen molar-refractivity contribution in [2.45, 2.75) is 64.8 Å². The Balaban J connectivity index is 1.78. The minimum atomic E-state index is 0.503. The summed E-state index contributed by atoms with van der Waals surface area (Å²) in [5, 5.41) is 3.77. The van der Waals surface area contributed by atoms with Gasteiger partial charge in [-0.1, -0.05) is 38.1 Å². The van der Waals surface area contributed by atoms with E-state index >= 15 is 0 Å². The molecular formula is C19H29N. The van der Waals surface area contributed by atoms with Crippen LogP contribution in [0.2, 0.25) is 0 Å². The summed E-state index contributed by atoms with van der Waals surface area (Å²) in [6.07, 6.45) is 6.90. The highest BCUT2D eigenvalue weighted by molar-refractivity contribution is 5.30. The molecule has 1 aromatic carbocycles. The van der Waals surface area contributed by atoms with Crippen molar-refractivity contribution in [3.8, 4) is 0 Å². The highest BCUT2D eigenvalue weighted by Gasteiger charge is 2.36. The lowest BCUT2D eigenvalue weighted by Gasteiger charge is -2.42. The predicted molar refractivity (Wildman–Crippen MR) is 86.1 cm³/mol. The zero-order chi connectivity index (χ0) is 14.2. The minimum absolute atomic E-state index is 0.503. The van der Waals surface area contributed by atoms with Gasteiger partial charge in [0, 0.05) is 6.04 Å². The number of hydrogen-bond donors (Lipinski definition) is 1. The Labute approximate surface area is 124 Å². The second kappa shape index (κ2) is 5.52. The van der Waals surface area contributed by atoms with Crippen LogP contribution in [0.25, 0.3) is 0 Å². The molecule has 2 fully saturated rings. The summed E-state index contributed by atoms with van der Waals surface area (Å²) in [5.41, 5.74) is 3.58. The summed E-state index contributed by atoms with van der Waals surface area (Å²) >= 11 is 0. The standard InChI is InChI=1S/C19H29N/c1-14-6-4-5-7-17(14)18-12-19(2,3)11-10-15(18)13-20-16-8-9-16/h4-7,15-16,18,20H,8-13H2,1-3H3. The maximum Gasteiger partial charge on any atom is 0.00683 e. The van der Waals surface area contributed by atoms with Crippen LogP contribution in [0, 0.1) is 18.3 Å². The topological polar surface area (TPSA) is 12.0 Å². The van der Waals surface area contributed by atoms with E-state index in [1.807, 2.05) is 0 Å². The van der Waals surface area contributed by atoms with Gasteiger partial charge in [-0.15, -0.1) is 0 Å². The van der Waals surface area contributed by atoms with Crippen molar-refractivity contribution in [3.63, 3.8) is 0 Å². The zero-order valence-corrected chi connectivity index (χ0v) is 13.3. The van der Waals surface area contributed by atoms with Gasteiger partial charge < -0.3 is 5.32 Å². The smallest absolute Gasteiger partial charge is 0.00683 e. The first-order chi connectivity index (χ1) is 9.55. The third-order valence-electron chi connectivity index (χ3n) is 5.37. The molecule has 0 amide bonds. The third kappa shape index (κ3) is 3.25. The maximum absolute atomic E-state index is 3.77. The van der Waals surface area contributed by atoms with E-state index in [1.165, 1.54) is 44.2 Å². The van der Waals surface area contributed by atoms with Crippen LogP contribution in [0.4, 0.5) is 0 Å². The molecule has 0 radical (unpaired) electrons. The van der Waals surface area contributed by atoms with E-state index in [0.717, 1.165) is 17.9 Å². The minimum Gasteiger partial charge on any atom is -0.314 e. The molecule has 0 aliphatic heterocycles. The highest BCUT2D eigenvalue weighted by Crippen LogP contribution is 2.47. The van der Waals surface area contributed by atoms with E-state index in [2.05, 4.69) is 50.4 Å². The molecule has 3 rings (SSSR count). The Morgan fingerprint density at radius 1 is 1.15 bits per heavy atom. The molecule has 2 saturated carbocycles. The lowest BCUT2D eigenvalue weighted by atomic mass is 9.64. The van der Waals surface area contributed by atoms with Gasteiger partial charge in [0.15, 0.2) is 0 Å². The van der Waals surface area contributed by atoms with Gasteiger partial charge in [0.2, 0.25) is 0 Å². The fourth-order valence-electron chi connectivity index (χ4n) is 3.86. The number of benzene rings is 1. The first-order valence-electron chi connectivity index (χ1n) is 8.34. The van der Waals surface area contributed by atoms with Crippen LogP contribution in [0.3, 0.4) is 0 Å². The number of hydrogen-bond acceptors (Lipinski definition) is 1. The third-order valence-corrected chi connectivity index (χ3v) is 5.37. The Hall–Kier alpha value is -0.820. The average molecular weight is 271 g/mol. The monoisotopic (exact) mass is 271 g/mol. The molecule has 2 aliphatic carbocycles. The fourth-order valence-corrected chi connectivity index (χ4v) is 3.86. The Kier molecular flexibility index (Phi) is 3.90. The fraction of sp³-hybridized carbons (Fsp3) is 0.684. The molecule has 20 heavy (non-hydrogen) atoms. The lowest BCUT2D eigenvalue weighted by molar-refractivity contribution is 0.159. The lowest BCUT2D eigenvalue weighted by Crippen LogP contribution is -2.35. The van der Waals surface area contributed by atoms with E-state index in [9.17, 15) is 0 Å². The summed E-state index contributed by atoms with van der Waals surface area (Å²) < 4.78 is 0. The summed E-state index contributed by atoms with van der Waals surface area (Å²) in [5.74, 6) is 1.57. The molecule has 110 valence electrons. The van der Waals surface area contributed by atoms with Crippen molar-refractivity contribution in [1.82, 2.24) is 5.32 Å². The van der Waals surface area contributed by atoms with Crippen molar-refractivity contribution >= 4 is 0 Å². The van der Waals surface area contributed by atoms with Gasteiger partial charge in [-0.2, -0.15) is 0 Å². The van der Waals surface area contributed by atoms with Crippen LogP contribution in [-0.4, -0.2) is 12.6 Å². The summed E-state index contributed by atoms with van der Waals surface area (Å²) in [6, 6.07) is 9.87. The van der Waals surface area contributed by atoms with E-state index in [-0.39, 0.29) is 0 Å². The second-order valence-corrected chi connectivity index (χ2v) is 7.81. The zero-order valence-electron chi connectivity index (χ0n) is 13.3.